The fourth-order valence-electron chi connectivity index (χ4n) is 3.07. The van der Waals surface area contributed by atoms with E-state index in [0.29, 0.717) is 38.1 Å². The number of ether oxygens (including phenoxy) is 1. The largest absolute Gasteiger partial charge is 0.450 e. The number of likely N-dealkylation sites (tertiary alicyclic amines) is 1. The fourth-order valence-corrected chi connectivity index (χ4v) is 3.07. The van der Waals surface area contributed by atoms with Crippen LogP contribution in [0.25, 0.3) is 0 Å². The minimum absolute atomic E-state index is 0.00583. The molecule has 0 saturated carbocycles. The van der Waals surface area contributed by atoms with Gasteiger partial charge in [-0.1, -0.05) is 17.2 Å². The Kier molecular flexibility index (Phi) is 7.00. The topological polar surface area (TPSA) is 87.7 Å². The van der Waals surface area contributed by atoms with Crippen molar-refractivity contribution in [3.63, 3.8) is 0 Å². The van der Waals surface area contributed by atoms with E-state index in [2.05, 4.69) is 10.6 Å². The van der Waals surface area contributed by atoms with Gasteiger partial charge >= 0.3 is 6.09 Å². The van der Waals surface area contributed by atoms with Crippen molar-refractivity contribution < 1.29 is 19.1 Å². The maximum absolute atomic E-state index is 12.2. The Hall–Kier alpha value is -2.57. The number of piperidine rings is 1. The van der Waals surface area contributed by atoms with Gasteiger partial charge in [-0.25, -0.2) is 4.79 Å². The summed E-state index contributed by atoms with van der Waals surface area (Å²) in [5.41, 5.74) is 2.57. The Morgan fingerprint density at radius 1 is 1.12 bits per heavy atom. The highest BCUT2D eigenvalue weighted by atomic mass is 16.6. The molecule has 0 aromatic heterocycles. The van der Waals surface area contributed by atoms with Gasteiger partial charge in [-0.2, -0.15) is 0 Å². The summed E-state index contributed by atoms with van der Waals surface area (Å²) in [6.45, 7) is 7.03. The zero-order valence-electron chi connectivity index (χ0n) is 15.6. The van der Waals surface area contributed by atoms with Crippen LogP contribution in [0.3, 0.4) is 0 Å². The van der Waals surface area contributed by atoms with Crippen molar-refractivity contribution in [2.24, 2.45) is 0 Å². The number of hydrogen-bond donors (Lipinski definition) is 2. The van der Waals surface area contributed by atoms with Crippen LogP contribution in [0.4, 0.5) is 4.79 Å². The van der Waals surface area contributed by atoms with Crippen LogP contribution >= 0.6 is 0 Å². The van der Waals surface area contributed by atoms with Crippen LogP contribution in [0.2, 0.25) is 0 Å². The molecule has 0 atom stereocenters. The average molecular weight is 361 g/mol. The molecule has 1 aromatic rings. The van der Waals surface area contributed by atoms with Gasteiger partial charge in [-0.3, -0.25) is 9.59 Å². The summed E-state index contributed by atoms with van der Waals surface area (Å²) in [5.74, 6) is -0.485. The fraction of sp³-hybridized carbons (Fsp3) is 0.526. The number of carbonyl (C=O) groups is 3. The summed E-state index contributed by atoms with van der Waals surface area (Å²) < 4.78 is 4.97. The third-order valence-corrected chi connectivity index (χ3v) is 4.28. The molecule has 7 heteroatoms. The van der Waals surface area contributed by atoms with E-state index in [-0.39, 0.29) is 30.5 Å². The molecule has 1 aliphatic rings. The molecule has 2 rings (SSSR count). The van der Waals surface area contributed by atoms with Crippen molar-refractivity contribution in [2.75, 3.05) is 26.2 Å². The van der Waals surface area contributed by atoms with E-state index in [1.807, 2.05) is 19.9 Å². The minimum Gasteiger partial charge on any atom is -0.450 e. The molecule has 1 fully saturated rings. The predicted molar refractivity (Wildman–Crippen MR) is 98.0 cm³/mol. The van der Waals surface area contributed by atoms with E-state index in [4.69, 9.17) is 4.74 Å². The lowest BCUT2D eigenvalue weighted by molar-refractivity contribution is -0.121. The first kappa shape index (κ1) is 19.8. The molecule has 1 aromatic carbocycles. The normalized spacial score (nSPS) is 14.7. The molecule has 0 spiro atoms. The van der Waals surface area contributed by atoms with E-state index in [9.17, 15) is 14.4 Å². The van der Waals surface area contributed by atoms with Crippen LogP contribution in [0.1, 0.15) is 41.3 Å². The van der Waals surface area contributed by atoms with Gasteiger partial charge in [0.2, 0.25) is 5.91 Å². The number of aryl methyl sites for hydroxylation is 2. The molecule has 142 valence electrons. The van der Waals surface area contributed by atoms with E-state index in [1.165, 1.54) is 0 Å². The van der Waals surface area contributed by atoms with Crippen molar-refractivity contribution in [1.82, 2.24) is 15.5 Å². The SMILES string of the molecule is CCOC(=O)N1CCC(NC(=O)CNC(=O)c2cc(C)cc(C)c2)CC1. The highest BCUT2D eigenvalue weighted by Crippen LogP contribution is 2.11. The smallest absolute Gasteiger partial charge is 0.409 e. The molecule has 1 saturated heterocycles. The summed E-state index contributed by atoms with van der Waals surface area (Å²) in [6, 6.07) is 5.59. The molecule has 0 radical (unpaired) electrons. The number of nitrogens with one attached hydrogen (secondary N) is 2. The van der Waals surface area contributed by atoms with E-state index >= 15 is 0 Å². The number of hydrogen-bond acceptors (Lipinski definition) is 4. The zero-order valence-corrected chi connectivity index (χ0v) is 15.6. The van der Waals surface area contributed by atoms with Crippen molar-refractivity contribution in [3.05, 3.63) is 34.9 Å². The molecule has 3 amide bonds. The van der Waals surface area contributed by atoms with Gasteiger partial charge < -0.3 is 20.3 Å². The Morgan fingerprint density at radius 3 is 2.31 bits per heavy atom. The van der Waals surface area contributed by atoms with Gasteiger partial charge in [0.1, 0.15) is 0 Å². The van der Waals surface area contributed by atoms with Gasteiger partial charge in [0.05, 0.1) is 13.2 Å². The molecule has 2 N–H and O–H groups in total. The quantitative estimate of drug-likeness (QED) is 0.837. The molecule has 1 aliphatic heterocycles. The summed E-state index contributed by atoms with van der Waals surface area (Å²) >= 11 is 0. The molecule has 7 nitrogen and oxygen atoms in total. The standard InChI is InChI=1S/C19H27N3O4/c1-4-26-19(25)22-7-5-16(6-8-22)21-17(23)12-20-18(24)15-10-13(2)9-14(3)11-15/h9-11,16H,4-8,12H2,1-3H3,(H,20,24)(H,21,23). The van der Waals surface area contributed by atoms with Crippen LogP contribution in [0.5, 0.6) is 0 Å². The molecule has 26 heavy (non-hydrogen) atoms. The Morgan fingerprint density at radius 2 is 1.73 bits per heavy atom. The maximum Gasteiger partial charge on any atom is 0.409 e. The highest BCUT2D eigenvalue weighted by molar-refractivity contribution is 5.96. The van der Waals surface area contributed by atoms with Crippen LogP contribution in [-0.4, -0.2) is 55.1 Å². The van der Waals surface area contributed by atoms with Crippen LogP contribution in [0.15, 0.2) is 18.2 Å². The van der Waals surface area contributed by atoms with Gasteiger partial charge in [0.15, 0.2) is 0 Å². The lowest BCUT2D eigenvalue weighted by Gasteiger charge is -2.31. The number of amides is 3. The first-order valence-electron chi connectivity index (χ1n) is 8.96. The first-order chi connectivity index (χ1) is 12.4. The molecular weight excluding hydrogens is 334 g/mol. The van der Waals surface area contributed by atoms with Crippen LogP contribution in [0, 0.1) is 13.8 Å². The molecular formula is C19H27N3O4. The third kappa shape index (κ3) is 5.75. The van der Waals surface area contributed by atoms with E-state index in [0.717, 1.165) is 11.1 Å². The van der Waals surface area contributed by atoms with Crippen LogP contribution < -0.4 is 10.6 Å². The maximum atomic E-state index is 12.2. The van der Waals surface area contributed by atoms with Crippen molar-refractivity contribution in [3.8, 4) is 0 Å². The van der Waals surface area contributed by atoms with Crippen LogP contribution in [-0.2, 0) is 9.53 Å². The lowest BCUT2D eigenvalue weighted by Crippen LogP contribution is -2.48. The molecule has 0 aliphatic carbocycles. The second-order valence-electron chi connectivity index (χ2n) is 6.59. The summed E-state index contributed by atoms with van der Waals surface area (Å²) in [6.07, 6.45) is 1.04. The van der Waals surface area contributed by atoms with Gasteiger partial charge in [0.25, 0.3) is 5.91 Å². The zero-order chi connectivity index (χ0) is 19.1. The second-order valence-corrected chi connectivity index (χ2v) is 6.59. The number of nitrogens with zero attached hydrogens (tertiary/aromatic N) is 1. The van der Waals surface area contributed by atoms with Gasteiger partial charge in [0, 0.05) is 24.7 Å². The lowest BCUT2D eigenvalue weighted by atomic mass is 10.1. The Bertz CT molecular complexity index is 646. The van der Waals surface area contributed by atoms with Gasteiger partial charge in [-0.15, -0.1) is 0 Å². The third-order valence-electron chi connectivity index (χ3n) is 4.28. The Balaban J connectivity index is 1.74. The van der Waals surface area contributed by atoms with Gasteiger partial charge in [-0.05, 0) is 45.7 Å². The van der Waals surface area contributed by atoms with E-state index in [1.54, 1.807) is 24.0 Å². The number of rotatable bonds is 5. The number of carbonyl (C=O) groups excluding carboxylic acids is 3. The molecule has 0 bridgehead atoms. The second kappa shape index (κ2) is 9.22. The summed E-state index contributed by atoms with van der Waals surface area (Å²) in [7, 11) is 0. The first-order valence-corrected chi connectivity index (χ1v) is 8.96. The Labute approximate surface area is 154 Å². The molecule has 0 unspecified atom stereocenters. The highest BCUT2D eigenvalue weighted by Gasteiger charge is 2.24. The monoisotopic (exact) mass is 361 g/mol. The predicted octanol–water partition coefficient (Wildman–Crippen LogP) is 1.77. The van der Waals surface area contributed by atoms with Crippen molar-refractivity contribution in [2.45, 2.75) is 39.7 Å². The average Bonchev–Trinajstić information content (AvgIpc) is 2.59. The van der Waals surface area contributed by atoms with Crippen molar-refractivity contribution in [1.29, 1.82) is 0 Å². The molecule has 1 heterocycles. The summed E-state index contributed by atoms with van der Waals surface area (Å²) in [5, 5.41) is 5.56. The minimum atomic E-state index is -0.307. The van der Waals surface area contributed by atoms with Crippen molar-refractivity contribution >= 4 is 17.9 Å². The summed E-state index contributed by atoms with van der Waals surface area (Å²) in [4.78, 5) is 37.5. The van der Waals surface area contributed by atoms with E-state index < -0.39 is 0 Å². The number of benzene rings is 1.